The molecule has 136 valence electrons. The summed E-state index contributed by atoms with van der Waals surface area (Å²) in [6.45, 7) is 0.805. The molecule has 0 saturated carbocycles. The van der Waals surface area contributed by atoms with E-state index >= 15 is 0 Å². The van der Waals surface area contributed by atoms with Gasteiger partial charge in [-0.05, 0) is 35.2 Å². The molecule has 1 saturated heterocycles. The van der Waals surface area contributed by atoms with Crippen LogP contribution in [0, 0.1) is 0 Å². The van der Waals surface area contributed by atoms with Crippen molar-refractivity contribution in [3.05, 3.63) is 83.9 Å². The Balaban J connectivity index is 1.52. The van der Waals surface area contributed by atoms with E-state index in [1.54, 1.807) is 4.90 Å². The number of carbonyl (C=O) groups excluding carboxylic acids is 2. The molecule has 3 aromatic carbocycles. The molecule has 1 fully saturated rings. The normalized spacial score (nSPS) is 16.4. The smallest absolute Gasteiger partial charge is 0.329 e. The van der Waals surface area contributed by atoms with Crippen molar-refractivity contribution in [2.24, 2.45) is 0 Å². The van der Waals surface area contributed by atoms with Crippen molar-refractivity contribution < 1.29 is 14.3 Å². The molecule has 4 rings (SSSR count). The molecule has 0 aliphatic carbocycles. The second-order valence-electron chi connectivity index (χ2n) is 6.78. The lowest BCUT2D eigenvalue weighted by atomic mass is 10.0. The molecular formula is C23H21NO3. The third-order valence-electron chi connectivity index (χ3n) is 5.03. The Morgan fingerprint density at radius 1 is 0.926 bits per heavy atom. The number of ether oxygens (including phenoxy) is 1. The second-order valence-corrected chi connectivity index (χ2v) is 6.78. The SMILES string of the molecule is O=C(OCc1ccccc1)[C@@H]1CCCN1C(=O)c1cccc2ccccc12. The average molecular weight is 359 g/mol. The highest BCUT2D eigenvalue weighted by atomic mass is 16.5. The van der Waals surface area contributed by atoms with Crippen LogP contribution in [0.15, 0.2) is 72.8 Å². The van der Waals surface area contributed by atoms with E-state index in [1.165, 1.54) is 0 Å². The highest BCUT2D eigenvalue weighted by Gasteiger charge is 2.36. The summed E-state index contributed by atoms with van der Waals surface area (Å²) in [5.41, 5.74) is 1.58. The van der Waals surface area contributed by atoms with Gasteiger partial charge in [-0.1, -0.05) is 66.7 Å². The third-order valence-corrected chi connectivity index (χ3v) is 5.03. The van der Waals surface area contributed by atoms with Crippen LogP contribution >= 0.6 is 0 Å². The van der Waals surface area contributed by atoms with Crippen LogP contribution in [0.25, 0.3) is 10.8 Å². The number of likely N-dealkylation sites (tertiary alicyclic amines) is 1. The monoisotopic (exact) mass is 359 g/mol. The second kappa shape index (κ2) is 7.62. The lowest BCUT2D eigenvalue weighted by Crippen LogP contribution is -2.41. The van der Waals surface area contributed by atoms with Gasteiger partial charge >= 0.3 is 5.97 Å². The molecule has 0 spiro atoms. The van der Waals surface area contributed by atoms with Gasteiger partial charge in [0.25, 0.3) is 5.91 Å². The largest absolute Gasteiger partial charge is 0.459 e. The average Bonchev–Trinajstić information content (AvgIpc) is 3.22. The van der Waals surface area contributed by atoms with Crippen LogP contribution in [-0.2, 0) is 16.1 Å². The van der Waals surface area contributed by atoms with Crippen molar-refractivity contribution in [3.8, 4) is 0 Å². The lowest BCUT2D eigenvalue weighted by molar-refractivity contribution is -0.149. The number of amides is 1. The molecule has 4 heteroatoms. The van der Waals surface area contributed by atoms with Gasteiger partial charge in [-0.25, -0.2) is 4.79 Å². The summed E-state index contributed by atoms with van der Waals surface area (Å²) < 4.78 is 5.48. The number of fused-ring (bicyclic) bond motifs is 1. The zero-order chi connectivity index (χ0) is 18.6. The molecule has 1 aliphatic heterocycles. The van der Waals surface area contributed by atoms with Crippen LogP contribution in [0.4, 0.5) is 0 Å². The van der Waals surface area contributed by atoms with Crippen molar-refractivity contribution in [1.29, 1.82) is 0 Å². The molecule has 0 aromatic heterocycles. The van der Waals surface area contributed by atoms with Gasteiger partial charge in [0.05, 0.1) is 0 Å². The van der Waals surface area contributed by atoms with Crippen molar-refractivity contribution >= 4 is 22.6 Å². The van der Waals surface area contributed by atoms with E-state index in [2.05, 4.69) is 0 Å². The highest BCUT2D eigenvalue weighted by Crippen LogP contribution is 2.25. The van der Waals surface area contributed by atoms with E-state index in [0.29, 0.717) is 18.5 Å². The first kappa shape index (κ1) is 17.3. The van der Waals surface area contributed by atoms with Gasteiger partial charge in [-0.15, -0.1) is 0 Å². The zero-order valence-electron chi connectivity index (χ0n) is 15.0. The van der Waals surface area contributed by atoms with Gasteiger partial charge in [0, 0.05) is 12.1 Å². The summed E-state index contributed by atoms with van der Waals surface area (Å²) in [6.07, 6.45) is 1.45. The molecular weight excluding hydrogens is 338 g/mol. The predicted molar refractivity (Wildman–Crippen MR) is 104 cm³/mol. The zero-order valence-corrected chi connectivity index (χ0v) is 15.0. The third kappa shape index (κ3) is 3.56. The Kier molecular flexibility index (Phi) is 4.88. The number of benzene rings is 3. The van der Waals surface area contributed by atoms with E-state index in [9.17, 15) is 9.59 Å². The molecule has 1 amide bonds. The van der Waals surface area contributed by atoms with Crippen molar-refractivity contribution in [1.82, 2.24) is 4.90 Å². The number of hydrogen-bond acceptors (Lipinski definition) is 3. The van der Waals surface area contributed by atoms with Crippen LogP contribution in [0.3, 0.4) is 0 Å². The first-order chi connectivity index (χ1) is 13.2. The highest BCUT2D eigenvalue weighted by molar-refractivity contribution is 6.08. The van der Waals surface area contributed by atoms with Crippen molar-refractivity contribution in [2.45, 2.75) is 25.5 Å². The standard InChI is InChI=1S/C23H21NO3/c25-22(20-13-6-11-18-10-4-5-12-19(18)20)24-15-7-14-21(24)23(26)27-16-17-8-2-1-3-9-17/h1-6,8-13,21H,7,14-16H2/t21-/m0/s1. The molecule has 3 aromatic rings. The van der Waals surface area contributed by atoms with Gasteiger partial charge in [-0.2, -0.15) is 0 Å². The Hall–Kier alpha value is -3.14. The maximum Gasteiger partial charge on any atom is 0.329 e. The van der Waals surface area contributed by atoms with Gasteiger partial charge in [-0.3, -0.25) is 4.79 Å². The molecule has 1 aliphatic rings. The minimum Gasteiger partial charge on any atom is -0.459 e. The fraction of sp³-hybridized carbons (Fsp3) is 0.217. The predicted octanol–water partition coefficient (Wildman–Crippen LogP) is 4.19. The van der Waals surface area contributed by atoms with Crippen LogP contribution in [0.5, 0.6) is 0 Å². The van der Waals surface area contributed by atoms with Gasteiger partial charge in [0.2, 0.25) is 0 Å². The summed E-state index contributed by atoms with van der Waals surface area (Å²) in [5, 5.41) is 1.93. The van der Waals surface area contributed by atoms with Crippen LogP contribution in [0.2, 0.25) is 0 Å². The summed E-state index contributed by atoms with van der Waals surface area (Å²) in [4.78, 5) is 27.4. The van der Waals surface area contributed by atoms with Crippen LogP contribution in [0.1, 0.15) is 28.8 Å². The van der Waals surface area contributed by atoms with E-state index in [0.717, 1.165) is 22.8 Å². The molecule has 0 N–H and O–H groups in total. The van der Waals surface area contributed by atoms with E-state index in [-0.39, 0.29) is 18.5 Å². The van der Waals surface area contributed by atoms with E-state index in [4.69, 9.17) is 4.74 Å². The van der Waals surface area contributed by atoms with E-state index < -0.39 is 6.04 Å². The molecule has 1 atom stereocenters. The Morgan fingerprint density at radius 3 is 2.52 bits per heavy atom. The fourth-order valence-electron chi connectivity index (χ4n) is 3.65. The number of rotatable bonds is 4. The lowest BCUT2D eigenvalue weighted by Gasteiger charge is -2.24. The molecule has 0 unspecified atom stereocenters. The summed E-state index contributed by atoms with van der Waals surface area (Å²) in [6, 6.07) is 22.6. The minimum absolute atomic E-state index is 0.106. The Labute approximate surface area is 158 Å². The Bertz CT molecular complexity index is 962. The Morgan fingerprint density at radius 2 is 1.67 bits per heavy atom. The van der Waals surface area contributed by atoms with Crippen LogP contribution < -0.4 is 0 Å². The van der Waals surface area contributed by atoms with Gasteiger partial charge < -0.3 is 9.64 Å². The molecule has 27 heavy (non-hydrogen) atoms. The number of hydrogen-bond donors (Lipinski definition) is 0. The quantitative estimate of drug-likeness (QED) is 0.656. The molecule has 4 nitrogen and oxygen atoms in total. The minimum atomic E-state index is -0.514. The van der Waals surface area contributed by atoms with Crippen molar-refractivity contribution in [3.63, 3.8) is 0 Å². The van der Waals surface area contributed by atoms with Crippen molar-refractivity contribution in [2.75, 3.05) is 6.54 Å². The van der Waals surface area contributed by atoms with Gasteiger partial charge in [0.1, 0.15) is 12.6 Å². The van der Waals surface area contributed by atoms with E-state index in [1.807, 2.05) is 72.8 Å². The summed E-state index contributed by atoms with van der Waals surface area (Å²) in [5.74, 6) is -0.434. The van der Waals surface area contributed by atoms with Crippen LogP contribution in [-0.4, -0.2) is 29.4 Å². The maximum absolute atomic E-state index is 13.2. The molecule has 0 bridgehead atoms. The summed E-state index contributed by atoms with van der Waals surface area (Å²) >= 11 is 0. The first-order valence-electron chi connectivity index (χ1n) is 9.23. The van der Waals surface area contributed by atoms with Gasteiger partial charge in [0.15, 0.2) is 0 Å². The molecule has 0 radical (unpaired) electrons. The molecule has 1 heterocycles. The number of nitrogens with zero attached hydrogens (tertiary/aromatic N) is 1. The number of carbonyl (C=O) groups is 2. The topological polar surface area (TPSA) is 46.6 Å². The first-order valence-corrected chi connectivity index (χ1v) is 9.23. The number of esters is 1. The summed E-state index contributed by atoms with van der Waals surface area (Å²) in [7, 11) is 0. The maximum atomic E-state index is 13.2. The fourth-order valence-corrected chi connectivity index (χ4v) is 3.65.